The summed E-state index contributed by atoms with van der Waals surface area (Å²) in [6, 6.07) is 0. The number of carbonyl (C=O) groups is 2. The number of allylic oxidation sites excluding steroid dienone is 2. The van der Waals surface area contributed by atoms with E-state index in [1.807, 2.05) is 6.92 Å². The lowest BCUT2D eigenvalue weighted by atomic mass is 9.46. The van der Waals surface area contributed by atoms with Crippen molar-refractivity contribution in [1.82, 2.24) is 0 Å². The van der Waals surface area contributed by atoms with Gasteiger partial charge in [-0.25, -0.2) is 0 Å². The number of fused-ring (bicyclic) bond motifs is 3. The molecule has 33 heavy (non-hydrogen) atoms. The first-order valence-electron chi connectivity index (χ1n) is 13.5. The molecule has 2 saturated carbocycles. The van der Waals surface area contributed by atoms with Crippen LogP contribution in [0.3, 0.4) is 0 Å². The third kappa shape index (κ3) is 5.43. The maximum Gasteiger partial charge on any atom is 0.306 e. The van der Waals surface area contributed by atoms with Gasteiger partial charge in [-0.3, -0.25) is 9.59 Å². The van der Waals surface area contributed by atoms with Gasteiger partial charge in [0, 0.05) is 12.8 Å². The first-order chi connectivity index (χ1) is 15.0. The summed E-state index contributed by atoms with van der Waals surface area (Å²) in [5.41, 5.74) is 2.33. The summed E-state index contributed by atoms with van der Waals surface area (Å²) < 4.78 is 0. The van der Waals surface area contributed by atoms with Gasteiger partial charge < -0.3 is 5.11 Å². The normalized spacial score (nSPS) is 36.5. The Morgan fingerprint density at radius 2 is 1.88 bits per heavy atom. The fourth-order valence-corrected chi connectivity index (χ4v) is 8.02. The van der Waals surface area contributed by atoms with Crippen LogP contribution in [0.1, 0.15) is 120 Å². The van der Waals surface area contributed by atoms with E-state index in [0.717, 1.165) is 44.9 Å². The Bertz CT molecular complexity index is 724. The summed E-state index contributed by atoms with van der Waals surface area (Å²) in [5.74, 6) is 2.69. The molecule has 0 aromatic carbocycles. The number of hydrogen-bond donors (Lipinski definition) is 1. The summed E-state index contributed by atoms with van der Waals surface area (Å²) in [6.45, 7) is 14.1. The second kappa shape index (κ2) is 11.1. The first-order valence-corrected chi connectivity index (χ1v) is 13.5. The van der Waals surface area contributed by atoms with Crippen LogP contribution < -0.4 is 0 Å². The number of carboxylic acids is 1. The van der Waals surface area contributed by atoms with Gasteiger partial charge in [-0.1, -0.05) is 79.9 Å². The molecule has 0 radical (unpaired) electrons. The average molecular weight is 461 g/mol. The zero-order valence-corrected chi connectivity index (χ0v) is 21.6. The molecule has 8 unspecified atom stereocenters. The van der Waals surface area contributed by atoms with Gasteiger partial charge in [-0.15, -0.1) is 0 Å². The molecule has 3 aliphatic carbocycles. The van der Waals surface area contributed by atoms with Crippen LogP contribution in [0.25, 0.3) is 0 Å². The molecular weight excluding hydrogens is 408 g/mol. The number of ketones is 1. The Balaban J connectivity index is 0.00000385. The zero-order valence-electron chi connectivity index (χ0n) is 21.6. The van der Waals surface area contributed by atoms with Crippen LogP contribution in [-0.4, -0.2) is 16.9 Å². The number of rotatable bonds is 9. The minimum absolute atomic E-state index is 0. The Kier molecular flexibility index (Phi) is 9.44. The third-order valence-electron chi connectivity index (χ3n) is 10.5. The molecule has 0 aliphatic heterocycles. The third-order valence-corrected chi connectivity index (χ3v) is 10.5. The molecule has 0 heterocycles. The molecule has 3 rings (SSSR count). The van der Waals surface area contributed by atoms with Crippen molar-refractivity contribution in [3.63, 3.8) is 0 Å². The molecule has 0 aromatic rings. The van der Waals surface area contributed by atoms with Gasteiger partial charge >= 0.3 is 5.97 Å². The largest absolute Gasteiger partial charge is 0.481 e. The molecule has 190 valence electrons. The van der Waals surface area contributed by atoms with Crippen molar-refractivity contribution >= 4 is 11.8 Å². The first kappa shape index (κ1) is 28.1. The molecule has 0 saturated heterocycles. The van der Waals surface area contributed by atoms with Gasteiger partial charge in [0.05, 0.1) is 5.92 Å². The van der Waals surface area contributed by atoms with Crippen LogP contribution in [0, 0.1) is 46.3 Å². The SMILES string of the molecule is C.CCCC(C(C)CCCC(C)C(=O)O)C1(C)CCC2C(=CCC3CC(=O)CCC32C)C1C. The second-order valence-corrected chi connectivity index (χ2v) is 12.2. The van der Waals surface area contributed by atoms with Gasteiger partial charge in [0.25, 0.3) is 0 Å². The van der Waals surface area contributed by atoms with Gasteiger partial charge in [0.15, 0.2) is 0 Å². The summed E-state index contributed by atoms with van der Waals surface area (Å²) >= 11 is 0. The number of carboxylic acid groups (broad SMARTS) is 1. The fraction of sp³-hybridized carbons (Fsp3) is 0.867. The van der Waals surface area contributed by atoms with Crippen LogP contribution >= 0.6 is 0 Å². The van der Waals surface area contributed by atoms with E-state index in [9.17, 15) is 14.7 Å². The van der Waals surface area contributed by atoms with Crippen molar-refractivity contribution in [1.29, 1.82) is 0 Å². The number of aliphatic carboxylic acids is 1. The summed E-state index contributed by atoms with van der Waals surface area (Å²) in [5, 5.41) is 9.22. The highest BCUT2D eigenvalue weighted by Gasteiger charge is 2.54. The predicted octanol–water partition coefficient (Wildman–Crippen LogP) is 8.32. The molecule has 1 N–H and O–H groups in total. The van der Waals surface area contributed by atoms with Crippen LogP contribution in [0.4, 0.5) is 0 Å². The summed E-state index contributed by atoms with van der Waals surface area (Å²) in [4.78, 5) is 23.3. The molecule has 3 heteroatoms. The predicted molar refractivity (Wildman–Crippen MR) is 138 cm³/mol. The molecule has 8 atom stereocenters. The lowest BCUT2D eigenvalue weighted by Crippen LogP contribution is -2.51. The van der Waals surface area contributed by atoms with Crippen LogP contribution in [0.15, 0.2) is 11.6 Å². The van der Waals surface area contributed by atoms with Gasteiger partial charge in [-0.2, -0.15) is 0 Å². The van der Waals surface area contributed by atoms with E-state index in [4.69, 9.17) is 0 Å². The van der Waals surface area contributed by atoms with E-state index < -0.39 is 5.97 Å². The molecule has 0 amide bonds. The molecule has 0 aromatic heterocycles. The monoisotopic (exact) mass is 460 g/mol. The Morgan fingerprint density at radius 1 is 1.18 bits per heavy atom. The van der Waals surface area contributed by atoms with Crippen LogP contribution in [-0.2, 0) is 9.59 Å². The molecule has 0 bridgehead atoms. The van der Waals surface area contributed by atoms with E-state index in [2.05, 4.69) is 40.7 Å². The standard InChI is InChI=1S/C29H48O3.CH4/c1-7-9-25(19(2)10-8-11-20(3)27(31)32)28(5)17-15-26-24(21(28)4)13-12-22-18-23(30)14-16-29(22,26)6;/h13,19-22,25-26H,7-12,14-18H2,1-6H3,(H,31,32);1H4. The smallest absolute Gasteiger partial charge is 0.306 e. The van der Waals surface area contributed by atoms with Crippen molar-refractivity contribution in [2.45, 2.75) is 120 Å². The molecule has 3 aliphatic rings. The quantitative estimate of drug-likeness (QED) is 0.352. The van der Waals surface area contributed by atoms with E-state index >= 15 is 0 Å². The van der Waals surface area contributed by atoms with E-state index in [-0.39, 0.29) is 13.3 Å². The van der Waals surface area contributed by atoms with E-state index in [0.29, 0.717) is 46.2 Å². The maximum absolute atomic E-state index is 12.1. The van der Waals surface area contributed by atoms with Crippen molar-refractivity contribution < 1.29 is 14.7 Å². The Morgan fingerprint density at radius 3 is 2.52 bits per heavy atom. The van der Waals surface area contributed by atoms with Gasteiger partial charge in [0.1, 0.15) is 5.78 Å². The van der Waals surface area contributed by atoms with Crippen LogP contribution in [0.2, 0.25) is 0 Å². The molecular formula is C30H52O3. The zero-order chi connectivity index (χ0) is 23.7. The van der Waals surface area contributed by atoms with Gasteiger partial charge in [-0.05, 0) is 78.9 Å². The van der Waals surface area contributed by atoms with Crippen LogP contribution in [0.5, 0.6) is 0 Å². The van der Waals surface area contributed by atoms with Crippen molar-refractivity contribution in [2.75, 3.05) is 0 Å². The molecule has 3 nitrogen and oxygen atoms in total. The highest BCUT2D eigenvalue weighted by atomic mass is 16.4. The Hall–Kier alpha value is -1.12. The summed E-state index contributed by atoms with van der Waals surface area (Å²) in [7, 11) is 0. The van der Waals surface area contributed by atoms with Crippen molar-refractivity contribution in [3.05, 3.63) is 11.6 Å². The van der Waals surface area contributed by atoms with Crippen molar-refractivity contribution in [3.8, 4) is 0 Å². The lowest BCUT2D eigenvalue weighted by Gasteiger charge is -2.58. The maximum atomic E-state index is 12.1. The van der Waals surface area contributed by atoms with Crippen molar-refractivity contribution in [2.24, 2.45) is 46.3 Å². The highest BCUT2D eigenvalue weighted by molar-refractivity contribution is 5.79. The fourth-order valence-electron chi connectivity index (χ4n) is 8.02. The van der Waals surface area contributed by atoms with E-state index in [1.165, 1.54) is 25.7 Å². The second-order valence-electron chi connectivity index (χ2n) is 12.2. The Labute approximate surface area is 204 Å². The number of Topliss-reactive ketones (excluding diaryl/α,β-unsaturated/α-hetero) is 1. The molecule has 2 fully saturated rings. The number of carbonyl (C=O) groups excluding carboxylic acids is 1. The number of hydrogen-bond acceptors (Lipinski definition) is 2. The minimum atomic E-state index is -0.665. The summed E-state index contributed by atoms with van der Waals surface area (Å²) in [6.07, 6.45) is 14.3. The van der Waals surface area contributed by atoms with E-state index in [1.54, 1.807) is 5.57 Å². The highest BCUT2D eigenvalue weighted by Crippen LogP contribution is 2.63. The lowest BCUT2D eigenvalue weighted by molar-refractivity contribution is -0.141. The topological polar surface area (TPSA) is 54.4 Å². The minimum Gasteiger partial charge on any atom is -0.481 e. The average Bonchev–Trinajstić information content (AvgIpc) is 2.74. The van der Waals surface area contributed by atoms with Gasteiger partial charge in [0.2, 0.25) is 0 Å². The molecule has 0 spiro atoms.